The first kappa shape index (κ1) is 18.2. The number of carbonyl (C=O) groups is 1. The van der Waals surface area contributed by atoms with Gasteiger partial charge in [0.05, 0.1) is 5.69 Å². The van der Waals surface area contributed by atoms with E-state index in [0.717, 1.165) is 6.08 Å². The summed E-state index contributed by atoms with van der Waals surface area (Å²) in [5, 5.41) is 12.9. The minimum absolute atomic E-state index is 0.323. The quantitative estimate of drug-likeness (QED) is 0.684. The van der Waals surface area contributed by atoms with Gasteiger partial charge in [0.25, 0.3) is 0 Å². The molecule has 1 heterocycles. The van der Waals surface area contributed by atoms with Gasteiger partial charge in [-0.15, -0.1) is 18.3 Å². The first-order valence-corrected chi connectivity index (χ1v) is 7.59. The van der Waals surface area contributed by atoms with E-state index in [-0.39, 0.29) is 5.75 Å². The Labute approximate surface area is 151 Å². The van der Waals surface area contributed by atoms with E-state index in [1.54, 1.807) is 24.3 Å². The average Bonchev–Trinajstić information content (AvgIpc) is 3.10. The summed E-state index contributed by atoms with van der Waals surface area (Å²) >= 11 is 0. The summed E-state index contributed by atoms with van der Waals surface area (Å²) in [6.07, 6.45) is -0.808. The molecule has 0 bridgehead atoms. The number of carboxylic acids is 1. The summed E-state index contributed by atoms with van der Waals surface area (Å²) in [6.45, 7) is 0. The van der Waals surface area contributed by atoms with Crippen molar-refractivity contribution >= 4 is 12.0 Å². The number of aliphatic carboxylic acids is 1. The number of alkyl halides is 3. The molecular weight excluding hydrogens is 363 g/mol. The van der Waals surface area contributed by atoms with E-state index in [1.165, 1.54) is 41.4 Å². The fraction of sp³-hybridized carbons (Fsp3) is 0.0556. The number of nitrogens with zero attached hydrogens (tertiary/aromatic N) is 3. The maximum absolute atomic E-state index is 12.2. The van der Waals surface area contributed by atoms with Crippen LogP contribution in [-0.4, -0.2) is 32.2 Å². The summed E-state index contributed by atoms with van der Waals surface area (Å²) in [5.74, 6) is -0.942. The topological polar surface area (TPSA) is 77.2 Å². The number of rotatable bonds is 5. The normalized spacial score (nSPS) is 11.7. The SMILES string of the molecule is O=C(O)/C=C/c1ccc(-c2ncn(-c3ccc(OC(F)(F)F)cc3)n2)cc1. The molecular formula is C18H12F3N3O3. The molecule has 0 aliphatic carbocycles. The van der Waals surface area contributed by atoms with Gasteiger partial charge in [-0.1, -0.05) is 24.3 Å². The van der Waals surface area contributed by atoms with Crippen molar-refractivity contribution in [3.05, 3.63) is 66.5 Å². The highest BCUT2D eigenvalue weighted by Gasteiger charge is 2.30. The van der Waals surface area contributed by atoms with E-state index in [4.69, 9.17) is 5.11 Å². The van der Waals surface area contributed by atoms with Gasteiger partial charge in [0.15, 0.2) is 5.82 Å². The lowest BCUT2D eigenvalue weighted by Crippen LogP contribution is -2.17. The molecule has 0 fully saturated rings. The van der Waals surface area contributed by atoms with Gasteiger partial charge in [-0.3, -0.25) is 0 Å². The number of hydrogen-bond acceptors (Lipinski definition) is 4. The zero-order chi connectivity index (χ0) is 19.4. The van der Waals surface area contributed by atoms with Crippen molar-refractivity contribution in [1.82, 2.24) is 14.8 Å². The predicted octanol–water partition coefficient (Wildman–Crippen LogP) is 3.93. The molecule has 138 valence electrons. The molecule has 1 N–H and O–H groups in total. The minimum Gasteiger partial charge on any atom is -0.478 e. The van der Waals surface area contributed by atoms with Crippen LogP contribution >= 0.6 is 0 Å². The molecule has 3 rings (SSSR count). The third-order valence-corrected chi connectivity index (χ3v) is 3.41. The van der Waals surface area contributed by atoms with Crippen LogP contribution in [0.4, 0.5) is 13.2 Å². The van der Waals surface area contributed by atoms with E-state index >= 15 is 0 Å². The highest BCUT2D eigenvalue weighted by molar-refractivity contribution is 5.85. The molecule has 0 amide bonds. The standard InChI is InChI=1S/C18H12F3N3O3/c19-18(20,21)27-15-8-6-14(7-9-15)24-11-22-17(23-24)13-4-1-12(2-5-13)3-10-16(25)26/h1-11H,(H,25,26)/b10-3+. The number of ether oxygens (including phenoxy) is 1. The van der Waals surface area contributed by atoms with E-state index in [1.807, 2.05) is 0 Å². The second-order valence-corrected chi connectivity index (χ2v) is 5.35. The number of benzene rings is 2. The lowest BCUT2D eigenvalue weighted by Gasteiger charge is -2.09. The number of halogens is 3. The second kappa shape index (κ2) is 7.32. The van der Waals surface area contributed by atoms with Gasteiger partial charge >= 0.3 is 12.3 Å². The van der Waals surface area contributed by atoms with Crippen molar-refractivity contribution in [2.75, 3.05) is 0 Å². The van der Waals surface area contributed by atoms with Crippen molar-refractivity contribution in [2.45, 2.75) is 6.36 Å². The Hall–Kier alpha value is -3.62. The van der Waals surface area contributed by atoms with Crippen LogP contribution in [0.2, 0.25) is 0 Å². The molecule has 3 aromatic rings. The summed E-state index contributed by atoms with van der Waals surface area (Å²) in [6, 6.07) is 12.2. The Bertz CT molecular complexity index is 962. The van der Waals surface area contributed by atoms with Gasteiger partial charge in [-0.2, -0.15) is 0 Å². The van der Waals surface area contributed by atoms with Crippen LogP contribution in [-0.2, 0) is 4.79 Å². The molecule has 0 saturated carbocycles. The van der Waals surface area contributed by atoms with Gasteiger partial charge in [0.1, 0.15) is 12.1 Å². The first-order chi connectivity index (χ1) is 12.8. The lowest BCUT2D eigenvalue weighted by molar-refractivity contribution is -0.274. The maximum Gasteiger partial charge on any atom is 0.573 e. The summed E-state index contributed by atoms with van der Waals surface area (Å²) < 4.78 is 41.8. The average molecular weight is 375 g/mol. The number of hydrogen-bond donors (Lipinski definition) is 1. The maximum atomic E-state index is 12.2. The number of aromatic nitrogens is 3. The van der Waals surface area contributed by atoms with Crippen molar-refractivity contribution in [1.29, 1.82) is 0 Å². The van der Waals surface area contributed by atoms with E-state index in [0.29, 0.717) is 22.6 Å². The highest BCUT2D eigenvalue weighted by Crippen LogP contribution is 2.24. The molecule has 0 atom stereocenters. The van der Waals surface area contributed by atoms with Crippen LogP contribution in [0.3, 0.4) is 0 Å². The summed E-state index contributed by atoms with van der Waals surface area (Å²) in [5.41, 5.74) is 1.93. The molecule has 2 aromatic carbocycles. The van der Waals surface area contributed by atoms with Crippen LogP contribution in [0.1, 0.15) is 5.56 Å². The minimum atomic E-state index is -4.74. The van der Waals surface area contributed by atoms with Gasteiger partial charge in [-0.05, 0) is 35.9 Å². The fourth-order valence-corrected chi connectivity index (χ4v) is 2.23. The Morgan fingerprint density at radius 2 is 1.74 bits per heavy atom. The Morgan fingerprint density at radius 1 is 1.07 bits per heavy atom. The van der Waals surface area contributed by atoms with Crippen LogP contribution in [0.25, 0.3) is 23.2 Å². The second-order valence-electron chi connectivity index (χ2n) is 5.35. The lowest BCUT2D eigenvalue weighted by atomic mass is 10.1. The fourth-order valence-electron chi connectivity index (χ4n) is 2.23. The monoisotopic (exact) mass is 375 g/mol. The van der Waals surface area contributed by atoms with Crippen LogP contribution in [0, 0.1) is 0 Å². The van der Waals surface area contributed by atoms with Crippen LogP contribution < -0.4 is 4.74 Å². The van der Waals surface area contributed by atoms with Crippen LogP contribution in [0.15, 0.2) is 60.9 Å². The zero-order valence-electron chi connectivity index (χ0n) is 13.6. The van der Waals surface area contributed by atoms with Gasteiger partial charge in [0, 0.05) is 11.6 Å². The van der Waals surface area contributed by atoms with Gasteiger partial charge in [-0.25, -0.2) is 14.5 Å². The Morgan fingerprint density at radius 3 is 2.33 bits per heavy atom. The van der Waals surface area contributed by atoms with E-state index in [9.17, 15) is 18.0 Å². The molecule has 6 nitrogen and oxygen atoms in total. The smallest absolute Gasteiger partial charge is 0.478 e. The first-order valence-electron chi connectivity index (χ1n) is 7.59. The third-order valence-electron chi connectivity index (χ3n) is 3.41. The molecule has 0 unspecified atom stereocenters. The van der Waals surface area contributed by atoms with Crippen molar-refractivity contribution in [3.63, 3.8) is 0 Å². The number of carboxylic acid groups (broad SMARTS) is 1. The molecule has 27 heavy (non-hydrogen) atoms. The largest absolute Gasteiger partial charge is 0.573 e. The molecule has 0 spiro atoms. The molecule has 9 heteroatoms. The van der Waals surface area contributed by atoms with Crippen molar-refractivity contribution < 1.29 is 27.8 Å². The molecule has 0 saturated heterocycles. The zero-order valence-corrected chi connectivity index (χ0v) is 13.6. The molecule has 0 aliphatic rings. The third kappa shape index (κ3) is 4.94. The summed E-state index contributed by atoms with van der Waals surface area (Å²) in [4.78, 5) is 14.7. The van der Waals surface area contributed by atoms with Gasteiger partial charge < -0.3 is 9.84 Å². The van der Waals surface area contributed by atoms with Crippen LogP contribution in [0.5, 0.6) is 5.75 Å². The summed E-state index contributed by atoms with van der Waals surface area (Å²) in [7, 11) is 0. The van der Waals surface area contributed by atoms with Crippen molar-refractivity contribution in [2.24, 2.45) is 0 Å². The van der Waals surface area contributed by atoms with E-state index < -0.39 is 12.3 Å². The molecule has 0 radical (unpaired) electrons. The van der Waals surface area contributed by atoms with Gasteiger partial charge in [0.2, 0.25) is 0 Å². The molecule has 0 aliphatic heterocycles. The predicted molar refractivity (Wildman–Crippen MR) is 90.1 cm³/mol. The highest BCUT2D eigenvalue weighted by atomic mass is 19.4. The Kier molecular flexibility index (Phi) is 4.93. The molecule has 1 aromatic heterocycles. The van der Waals surface area contributed by atoms with Crippen molar-refractivity contribution in [3.8, 4) is 22.8 Å². The van der Waals surface area contributed by atoms with E-state index in [2.05, 4.69) is 14.8 Å². The Balaban J connectivity index is 1.75.